The normalized spacial score (nSPS) is 42.1. The van der Waals surface area contributed by atoms with Gasteiger partial charge in [0.15, 0.2) is 23.8 Å². The second-order valence-electron chi connectivity index (χ2n) is 12.2. The van der Waals surface area contributed by atoms with Gasteiger partial charge >= 0.3 is 35.5 Å². The summed E-state index contributed by atoms with van der Waals surface area (Å²) in [5.74, 6) is -3.72. The van der Waals surface area contributed by atoms with Gasteiger partial charge in [-0.2, -0.15) is 0 Å². The number of aliphatic hydroxyl groups is 1. The minimum atomic E-state index is -1.42. The molecule has 5 aliphatic rings. The van der Waals surface area contributed by atoms with Crippen molar-refractivity contribution in [1.29, 1.82) is 0 Å². The molecule has 8 atom stereocenters. The summed E-state index contributed by atoms with van der Waals surface area (Å²) in [5.41, 5.74) is -1.60. The van der Waals surface area contributed by atoms with Crippen LogP contribution >= 0.6 is 0 Å². The van der Waals surface area contributed by atoms with E-state index in [1.807, 2.05) is 13.0 Å². The van der Waals surface area contributed by atoms with E-state index in [4.69, 9.17) is 14.2 Å². The molecule has 1 saturated heterocycles. The number of aliphatic hydroxyl groups excluding tert-OH is 1. The number of carboxylic acids is 1. The Morgan fingerprint density at radius 3 is 2.58 bits per heavy atom. The van der Waals surface area contributed by atoms with Crippen LogP contribution in [0, 0.1) is 28.6 Å². The topological polar surface area (TPSA) is 139 Å². The fraction of sp³-hybridized carbons (Fsp3) is 0.714. The molecule has 38 heavy (non-hydrogen) atoms. The number of rotatable bonds is 6. The van der Waals surface area contributed by atoms with Crippen LogP contribution in [0.2, 0.25) is 0 Å². The van der Waals surface area contributed by atoms with Crippen LogP contribution in [0.1, 0.15) is 66.2 Å². The Morgan fingerprint density at radius 2 is 1.89 bits per heavy atom. The molecule has 1 aliphatic heterocycles. The smallest absolute Gasteiger partial charge is 0.550 e. The summed E-state index contributed by atoms with van der Waals surface area (Å²) in [5, 5.41) is 22.3. The Bertz CT molecular complexity index is 1110. The largest absolute Gasteiger partial charge is 1.00 e. The van der Waals surface area contributed by atoms with Gasteiger partial charge in [0.2, 0.25) is 5.78 Å². The summed E-state index contributed by atoms with van der Waals surface area (Å²) >= 11 is 0. The molecule has 1 N–H and O–H groups in total. The molecule has 10 heteroatoms. The van der Waals surface area contributed by atoms with Gasteiger partial charge in [-0.25, -0.2) is 0 Å². The number of carboxylic acid groups (broad SMARTS) is 1. The van der Waals surface area contributed by atoms with Crippen molar-refractivity contribution in [2.75, 3.05) is 6.61 Å². The standard InChI is InChI=1S/C28H36O9.Na/c1-25(2)36-21-12-18-17-6-5-15-11-16(29)9-10-26(15,3)24(17)19(30)13-27(18,4)28(21,37-25)20(31)14-35-23(34)8-7-22(32)33;/h9-11,17-19,21,24,30H,5-8,12-14H2,1-4H3,(H,32,33);/q;+1/p-1/t17-,18-,19-,21+,24+,26-,27-,28+;/m0./s1. The fourth-order valence-corrected chi connectivity index (χ4v) is 8.45. The SMILES string of the molecule is CC1(C)O[C@@H]2C[C@H]3[C@@H]4CCC5=CC(=O)C=C[C@]5(C)[C@H]4[C@@H](O)C[C@]3(C)[C@]2(C(=O)COC(=O)CCC(=O)[O-])O1.[Na+]. The average Bonchev–Trinajstić information content (AvgIpc) is 3.22. The number of hydrogen-bond acceptors (Lipinski definition) is 9. The predicted octanol–water partition coefficient (Wildman–Crippen LogP) is -1.59. The van der Waals surface area contributed by atoms with Gasteiger partial charge in [-0.1, -0.05) is 25.5 Å². The predicted molar refractivity (Wildman–Crippen MR) is 126 cm³/mol. The summed E-state index contributed by atoms with van der Waals surface area (Å²) in [6.07, 6.45) is 5.40. The monoisotopic (exact) mass is 538 g/mol. The molecule has 4 aliphatic carbocycles. The molecular formula is C28H35NaO9. The molecule has 5 rings (SSSR count). The van der Waals surface area contributed by atoms with Crippen molar-refractivity contribution >= 4 is 23.5 Å². The molecular weight excluding hydrogens is 503 g/mol. The molecule has 0 aromatic rings. The molecule has 9 nitrogen and oxygen atoms in total. The van der Waals surface area contributed by atoms with Crippen LogP contribution in [0.4, 0.5) is 0 Å². The van der Waals surface area contributed by atoms with Crippen LogP contribution in [-0.4, -0.2) is 58.8 Å². The Morgan fingerprint density at radius 1 is 1.18 bits per heavy atom. The van der Waals surface area contributed by atoms with Gasteiger partial charge in [0.05, 0.1) is 18.6 Å². The first-order chi connectivity index (χ1) is 17.2. The Balaban J connectivity index is 0.00000336. The third kappa shape index (κ3) is 4.38. The second-order valence-corrected chi connectivity index (χ2v) is 12.2. The Labute approximate surface area is 244 Å². The first-order valence-electron chi connectivity index (χ1n) is 13.1. The van der Waals surface area contributed by atoms with Crippen molar-refractivity contribution in [1.82, 2.24) is 0 Å². The van der Waals surface area contributed by atoms with Crippen molar-refractivity contribution < 1.29 is 73.2 Å². The second kappa shape index (κ2) is 9.93. The molecule has 0 radical (unpaired) electrons. The van der Waals surface area contributed by atoms with Crippen LogP contribution < -0.4 is 34.7 Å². The molecule has 0 spiro atoms. The van der Waals surface area contributed by atoms with Gasteiger partial charge in [0, 0.05) is 22.7 Å². The van der Waals surface area contributed by atoms with E-state index in [2.05, 4.69) is 6.92 Å². The van der Waals surface area contributed by atoms with Crippen molar-refractivity contribution in [2.45, 2.75) is 89.8 Å². The zero-order valence-electron chi connectivity index (χ0n) is 22.8. The number of Topliss-reactive ketones (excluding diaryl/α,β-unsaturated/α-hetero) is 1. The molecule has 4 fully saturated rings. The van der Waals surface area contributed by atoms with Gasteiger partial charge < -0.3 is 29.2 Å². The zero-order chi connectivity index (χ0) is 27.0. The third-order valence-corrected chi connectivity index (χ3v) is 9.80. The number of carbonyl (C=O) groups excluding carboxylic acids is 4. The van der Waals surface area contributed by atoms with E-state index in [0.717, 1.165) is 18.4 Å². The number of esters is 1. The van der Waals surface area contributed by atoms with Crippen molar-refractivity contribution in [3.8, 4) is 0 Å². The average molecular weight is 539 g/mol. The van der Waals surface area contributed by atoms with Crippen LogP contribution in [0.3, 0.4) is 0 Å². The number of fused-ring (bicyclic) bond motifs is 7. The minimum absolute atomic E-state index is 0. The third-order valence-electron chi connectivity index (χ3n) is 9.80. The molecule has 0 unspecified atom stereocenters. The van der Waals surface area contributed by atoms with Gasteiger partial charge in [0.25, 0.3) is 0 Å². The molecule has 0 aromatic carbocycles. The quantitative estimate of drug-likeness (QED) is 0.313. The van der Waals surface area contributed by atoms with Gasteiger partial charge in [-0.05, 0) is 69.9 Å². The van der Waals surface area contributed by atoms with E-state index in [9.17, 15) is 29.4 Å². The molecule has 3 saturated carbocycles. The summed E-state index contributed by atoms with van der Waals surface area (Å²) in [6.45, 7) is 6.99. The van der Waals surface area contributed by atoms with E-state index in [-0.39, 0.29) is 59.5 Å². The molecule has 1 heterocycles. The maximum Gasteiger partial charge on any atom is 1.00 e. The summed E-state index contributed by atoms with van der Waals surface area (Å²) in [7, 11) is 0. The summed E-state index contributed by atoms with van der Waals surface area (Å²) < 4.78 is 17.9. The maximum absolute atomic E-state index is 13.9. The fourth-order valence-electron chi connectivity index (χ4n) is 8.45. The first-order valence-corrected chi connectivity index (χ1v) is 13.1. The van der Waals surface area contributed by atoms with Gasteiger partial charge in [-0.3, -0.25) is 14.4 Å². The van der Waals surface area contributed by atoms with Crippen molar-refractivity contribution in [3.05, 3.63) is 23.8 Å². The summed E-state index contributed by atoms with van der Waals surface area (Å²) in [4.78, 5) is 48.7. The van der Waals surface area contributed by atoms with Crippen LogP contribution in [0.5, 0.6) is 0 Å². The van der Waals surface area contributed by atoms with Crippen molar-refractivity contribution in [2.24, 2.45) is 28.6 Å². The summed E-state index contributed by atoms with van der Waals surface area (Å²) in [6, 6.07) is 0. The number of hydrogen-bond donors (Lipinski definition) is 1. The van der Waals surface area contributed by atoms with E-state index >= 15 is 0 Å². The molecule has 0 aromatic heterocycles. The Kier molecular flexibility index (Phi) is 7.74. The van der Waals surface area contributed by atoms with Crippen LogP contribution in [0.25, 0.3) is 0 Å². The van der Waals surface area contributed by atoms with Crippen LogP contribution in [-0.2, 0) is 33.4 Å². The number of ketones is 2. The molecule has 0 bridgehead atoms. The van der Waals surface area contributed by atoms with E-state index in [0.29, 0.717) is 12.8 Å². The van der Waals surface area contributed by atoms with E-state index < -0.39 is 65.2 Å². The van der Waals surface area contributed by atoms with Crippen LogP contribution in [0.15, 0.2) is 23.8 Å². The number of ether oxygens (including phenoxy) is 3. The Hall–Kier alpha value is -1.36. The number of carbonyl (C=O) groups is 4. The van der Waals surface area contributed by atoms with Gasteiger partial charge in [0.1, 0.15) is 0 Å². The van der Waals surface area contributed by atoms with E-state index in [1.54, 1.807) is 26.0 Å². The zero-order valence-corrected chi connectivity index (χ0v) is 24.8. The number of aliphatic carboxylic acids is 1. The molecule has 0 amide bonds. The van der Waals surface area contributed by atoms with E-state index in [1.165, 1.54) is 0 Å². The number of allylic oxidation sites excluding steroid dienone is 4. The first kappa shape index (κ1) is 29.6. The maximum atomic E-state index is 13.9. The van der Waals surface area contributed by atoms with Gasteiger partial charge in [-0.15, -0.1) is 0 Å². The van der Waals surface area contributed by atoms with Crippen molar-refractivity contribution in [3.63, 3.8) is 0 Å². The molecule has 202 valence electrons. The minimum Gasteiger partial charge on any atom is -0.550 e.